The molecule has 1 aromatic rings. The molecule has 0 saturated carbocycles. The summed E-state index contributed by atoms with van der Waals surface area (Å²) in [5, 5.41) is 0. The number of allylic oxidation sites excluding steroid dienone is 4. The highest BCUT2D eigenvalue weighted by Crippen LogP contribution is 2.25. The molecule has 0 radical (unpaired) electrons. The molecule has 21 heavy (non-hydrogen) atoms. The number of benzene rings is 1. The summed E-state index contributed by atoms with van der Waals surface area (Å²) in [6.07, 6.45) is 7.70. The Labute approximate surface area is 126 Å². The van der Waals surface area contributed by atoms with Gasteiger partial charge in [0.15, 0.2) is 5.78 Å². The van der Waals surface area contributed by atoms with Gasteiger partial charge in [0.25, 0.3) is 0 Å². The molecule has 0 fully saturated rings. The quantitative estimate of drug-likeness (QED) is 0.468. The molecule has 0 amide bonds. The third kappa shape index (κ3) is 6.17. The predicted molar refractivity (Wildman–Crippen MR) is 87.8 cm³/mol. The maximum atomic E-state index is 11.2. The van der Waals surface area contributed by atoms with E-state index in [0.717, 1.165) is 29.4 Å². The Kier molecular flexibility index (Phi) is 7.10. The van der Waals surface area contributed by atoms with Crippen molar-refractivity contribution in [3.63, 3.8) is 0 Å². The number of Topliss-reactive ketones (excluding diaryl/α,β-unsaturated/α-hetero) is 1. The van der Waals surface area contributed by atoms with E-state index in [4.69, 9.17) is 0 Å². The van der Waals surface area contributed by atoms with Crippen LogP contribution in [0.5, 0.6) is 0 Å². The SMILES string of the molecule is C=C(C)C1CC=C(C)C(=O)C1.O=C/C=C\c1ccccc1. The lowest BCUT2D eigenvalue weighted by Gasteiger charge is -2.18. The van der Waals surface area contributed by atoms with E-state index in [1.165, 1.54) is 6.08 Å². The third-order valence-corrected chi connectivity index (χ3v) is 3.44. The van der Waals surface area contributed by atoms with E-state index in [0.29, 0.717) is 12.3 Å². The zero-order valence-electron chi connectivity index (χ0n) is 12.7. The average Bonchev–Trinajstić information content (AvgIpc) is 2.49. The number of hydrogen-bond acceptors (Lipinski definition) is 2. The van der Waals surface area contributed by atoms with Gasteiger partial charge in [-0.1, -0.05) is 54.6 Å². The Morgan fingerprint density at radius 1 is 1.29 bits per heavy atom. The standard InChI is InChI=1S/C10H14O.C9H8O/c1-7(2)9-5-4-8(3)10(11)6-9;10-8-4-7-9-5-2-1-3-6-9/h4,9H,1,5-6H2,2-3H3;1-8H/b;7-4-. The second-order valence-corrected chi connectivity index (χ2v) is 5.20. The number of rotatable bonds is 3. The molecule has 0 saturated heterocycles. The third-order valence-electron chi connectivity index (χ3n) is 3.44. The van der Waals surface area contributed by atoms with Gasteiger partial charge in [-0.2, -0.15) is 0 Å². The van der Waals surface area contributed by atoms with Gasteiger partial charge in [0, 0.05) is 6.42 Å². The fourth-order valence-electron chi connectivity index (χ4n) is 1.99. The first-order chi connectivity index (χ1) is 10.0. The normalized spacial score (nSPS) is 17.7. The molecule has 2 nitrogen and oxygen atoms in total. The summed E-state index contributed by atoms with van der Waals surface area (Å²) in [5.41, 5.74) is 3.10. The van der Waals surface area contributed by atoms with Gasteiger partial charge >= 0.3 is 0 Å². The molecule has 1 atom stereocenters. The van der Waals surface area contributed by atoms with E-state index in [2.05, 4.69) is 6.58 Å². The summed E-state index contributed by atoms with van der Waals surface area (Å²) in [4.78, 5) is 21.1. The van der Waals surface area contributed by atoms with Crippen molar-refractivity contribution in [1.82, 2.24) is 0 Å². The topological polar surface area (TPSA) is 34.1 Å². The van der Waals surface area contributed by atoms with Crippen LogP contribution in [0.4, 0.5) is 0 Å². The fourth-order valence-corrected chi connectivity index (χ4v) is 1.99. The molecular formula is C19H22O2. The lowest BCUT2D eigenvalue weighted by atomic mass is 9.85. The number of hydrogen-bond donors (Lipinski definition) is 0. The Hall–Kier alpha value is -2.22. The molecule has 1 aliphatic carbocycles. The van der Waals surface area contributed by atoms with Crippen molar-refractivity contribution < 1.29 is 9.59 Å². The zero-order chi connectivity index (χ0) is 15.7. The van der Waals surface area contributed by atoms with E-state index < -0.39 is 0 Å². The predicted octanol–water partition coefficient (Wildman–Crippen LogP) is 4.39. The summed E-state index contributed by atoms with van der Waals surface area (Å²) in [5.74, 6) is 0.676. The Bertz CT molecular complexity index is 550. The second-order valence-electron chi connectivity index (χ2n) is 5.20. The summed E-state index contributed by atoms with van der Waals surface area (Å²) in [7, 11) is 0. The molecule has 0 N–H and O–H groups in total. The van der Waals surface area contributed by atoms with Crippen molar-refractivity contribution in [2.75, 3.05) is 0 Å². The molecule has 2 rings (SSSR count). The van der Waals surface area contributed by atoms with Crippen LogP contribution in [0.25, 0.3) is 6.08 Å². The van der Waals surface area contributed by atoms with Gasteiger partial charge in [0.05, 0.1) is 0 Å². The summed E-state index contributed by atoms with van der Waals surface area (Å²) >= 11 is 0. The lowest BCUT2D eigenvalue weighted by molar-refractivity contribution is -0.116. The molecule has 1 unspecified atom stereocenters. The number of aldehydes is 1. The molecular weight excluding hydrogens is 260 g/mol. The first-order valence-corrected chi connectivity index (χ1v) is 7.07. The Morgan fingerprint density at radius 2 is 1.95 bits per heavy atom. The molecule has 0 aromatic heterocycles. The van der Waals surface area contributed by atoms with Gasteiger partial charge in [-0.15, -0.1) is 0 Å². The van der Waals surface area contributed by atoms with Crippen LogP contribution < -0.4 is 0 Å². The maximum Gasteiger partial charge on any atom is 0.158 e. The first-order valence-electron chi connectivity index (χ1n) is 7.07. The van der Waals surface area contributed by atoms with Crippen LogP contribution in [0.3, 0.4) is 0 Å². The smallest absolute Gasteiger partial charge is 0.158 e. The van der Waals surface area contributed by atoms with Crippen molar-refractivity contribution in [2.24, 2.45) is 5.92 Å². The molecule has 1 aromatic carbocycles. The van der Waals surface area contributed by atoms with Crippen molar-refractivity contribution in [3.8, 4) is 0 Å². The minimum Gasteiger partial charge on any atom is -0.299 e. The van der Waals surface area contributed by atoms with E-state index in [9.17, 15) is 9.59 Å². The van der Waals surface area contributed by atoms with E-state index in [-0.39, 0.29) is 5.78 Å². The highest BCUT2D eigenvalue weighted by Gasteiger charge is 2.19. The van der Waals surface area contributed by atoms with Crippen LogP contribution in [0.2, 0.25) is 0 Å². The number of carbonyl (C=O) groups is 2. The molecule has 0 aliphatic heterocycles. The summed E-state index contributed by atoms with van der Waals surface area (Å²) in [6.45, 7) is 7.74. The largest absolute Gasteiger partial charge is 0.299 e. The molecule has 110 valence electrons. The zero-order valence-corrected chi connectivity index (χ0v) is 12.7. The molecule has 1 aliphatic rings. The fraction of sp³-hybridized carbons (Fsp3) is 0.263. The Balaban J connectivity index is 0.000000211. The van der Waals surface area contributed by atoms with Gasteiger partial charge in [-0.25, -0.2) is 0 Å². The monoisotopic (exact) mass is 282 g/mol. The Morgan fingerprint density at radius 3 is 2.48 bits per heavy atom. The number of ketones is 1. The van der Waals surface area contributed by atoms with Crippen LogP contribution in [0, 0.1) is 5.92 Å². The van der Waals surface area contributed by atoms with Gasteiger partial charge in [-0.3, -0.25) is 9.59 Å². The van der Waals surface area contributed by atoms with Crippen molar-refractivity contribution >= 4 is 18.1 Å². The minimum absolute atomic E-state index is 0.282. The molecule has 2 heteroatoms. The highest BCUT2D eigenvalue weighted by molar-refractivity contribution is 5.95. The highest BCUT2D eigenvalue weighted by atomic mass is 16.1. The molecule has 0 spiro atoms. The molecule has 0 heterocycles. The van der Waals surface area contributed by atoms with Gasteiger partial charge in [-0.05, 0) is 43.4 Å². The van der Waals surface area contributed by atoms with Crippen molar-refractivity contribution in [3.05, 3.63) is 65.8 Å². The van der Waals surface area contributed by atoms with E-state index >= 15 is 0 Å². The van der Waals surface area contributed by atoms with Crippen molar-refractivity contribution in [1.29, 1.82) is 0 Å². The minimum atomic E-state index is 0.282. The lowest BCUT2D eigenvalue weighted by Crippen LogP contribution is -2.14. The van der Waals surface area contributed by atoms with Gasteiger partial charge < -0.3 is 0 Å². The molecule has 0 bridgehead atoms. The first kappa shape index (κ1) is 16.8. The maximum absolute atomic E-state index is 11.2. The summed E-state index contributed by atoms with van der Waals surface area (Å²) < 4.78 is 0. The van der Waals surface area contributed by atoms with E-state index in [1.54, 1.807) is 6.08 Å². The number of carbonyl (C=O) groups excluding carboxylic acids is 2. The van der Waals surface area contributed by atoms with Gasteiger partial charge in [0.2, 0.25) is 0 Å². The van der Waals surface area contributed by atoms with E-state index in [1.807, 2.05) is 50.3 Å². The van der Waals surface area contributed by atoms with Gasteiger partial charge in [0.1, 0.15) is 6.29 Å². The van der Waals surface area contributed by atoms with Crippen LogP contribution >= 0.6 is 0 Å². The van der Waals surface area contributed by atoms with Crippen LogP contribution in [-0.4, -0.2) is 12.1 Å². The summed E-state index contributed by atoms with van der Waals surface area (Å²) in [6, 6.07) is 9.70. The van der Waals surface area contributed by atoms with Crippen LogP contribution in [-0.2, 0) is 9.59 Å². The van der Waals surface area contributed by atoms with Crippen LogP contribution in [0.1, 0.15) is 32.3 Å². The van der Waals surface area contributed by atoms with Crippen molar-refractivity contribution in [2.45, 2.75) is 26.7 Å². The average molecular weight is 282 g/mol. The van der Waals surface area contributed by atoms with Crippen LogP contribution in [0.15, 0.2) is 60.2 Å². The second kappa shape index (κ2) is 8.85.